The number of hydrogen-bond acceptors (Lipinski definition) is 6. The minimum absolute atomic E-state index is 0.0187. The van der Waals surface area contributed by atoms with E-state index in [1.807, 2.05) is 18.2 Å². The van der Waals surface area contributed by atoms with Gasteiger partial charge in [-0.25, -0.2) is 9.59 Å². The van der Waals surface area contributed by atoms with Gasteiger partial charge in [-0.3, -0.25) is 9.69 Å². The Morgan fingerprint density at radius 1 is 1.18 bits per heavy atom. The summed E-state index contributed by atoms with van der Waals surface area (Å²) >= 11 is 9.62. The summed E-state index contributed by atoms with van der Waals surface area (Å²) in [6, 6.07) is 15.0. The molecule has 8 nitrogen and oxygen atoms in total. The van der Waals surface area contributed by atoms with Crippen molar-refractivity contribution in [3.8, 4) is 5.75 Å². The Hall–Kier alpha value is -3.56. The molecule has 2 aromatic carbocycles. The number of benzene rings is 2. The first-order chi connectivity index (χ1) is 16.4. The lowest BCUT2D eigenvalue weighted by Crippen LogP contribution is -2.30. The van der Waals surface area contributed by atoms with E-state index in [0.29, 0.717) is 16.3 Å². The van der Waals surface area contributed by atoms with E-state index in [1.165, 1.54) is 25.3 Å². The number of esters is 1. The quantitative estimate of drug-likeness (QED) is 0.250. The normalized spacial score (nSPS) is 14.4. The molecule has 1 aliphatic rings. The van der Waals surface area contributed by atoms with Crippen molar-refractivity contribution in [1.82, 2.24) is 10.2 Å². The van der Waals surface area contributed by atoms with Crippen molar-refractivity contribution in [3.63, 3.8) is 0 Å². The predicted octanol–water partition coefficient (Wildman–Crippen LogP) is 5.15. The van der Waals surface area contributed by atoms with Crippen LogP contribution in [0.2, 0.25) is 5.02 Å². The highest BCUT2D eigenvalue weighted by molar-refractivity contribution is 9.10. The van der Waals surface area contributed by atoms with Gasteiger partial charge in [0.1, 0.15) is 23.8 Å². The largest absolute Gasteiger partial charge is 0.488 e. The Bertz CT molecular complexity index is 1300. The van der Waals surface area contributed by atoms with Gasteiger partial charge in [0.15, 0.2) is 0 Å². The van der Waals surface area contributed by atoms with Gasteiger partial charge in [0.05, 0.1) is 13.7 Å². The first kappa shape index (κ1) is 23.6. The van der Waals surface area contributed by atoms with Crippen molar-refractivity contribution in [2.24, 2.45) is 0 Å². The van der Waals surface area contributed by atoms with Gasteiger partial charge in [-0.15, -0.1) is 0 Å². The summed E-state index contributed by atoms with van der Waals surface area (Å²) in [5.41, 5.74) is 1.47. The molecule has 3 aromatic rings. The van der Waals surface area contributed by atoms with E-state index in [-0.39, 0.29) is 30.4 Å². The number of amides is 3. The van der Waals surface area contributed by atoms with E-state index in [2.05, 4.69) is 26.0 Å². The van der Waals surface area contributed by atoms with Gasteiger partial charge >= 0.3 is 12.0 Å². The maximum atomic E-state index is 12.9. The van der Waals surface area contributed by atoms with Gasteiger partial charge in [-0.05, 0) is 42.5 Å². The Kier molecular flexibility index (Phi) is 7.04. The van der Waals surface area contributed by atoms with Gasteiger partial charge in [0.2, 0.25) is 5.76 Å². The van der Waals surface area contributed by atoms with Crippen LogP contribution in [0.25, 0.3) is 6.08 Å². The number of nitrogens with zero attached hydrogens (tertiary/aromatic N) is 1. The topological polar surface area (TPSA) is 98.1 Å². The van der Waals surface area contributed by atoms with Crippen LogP contribution in [0.4, 0.5) is 4.79 Å². The zero-order valence-corrected chi connectivity index (χ0v) is 20.2. The molecule has 1 aliphatic heterocycles. The fourth-order valence-electron chi connectivity index (χ4n) is 3.23. The molecule has 1 aromatic heterocycles. The summed E-state index contributed by atoms with van der Waals surface area (Å²) in [7, 11) is 1.23. The summed E-state index contributed by atoms with van der Waals surface area (Å²) in [6.07, 6.45) is 1.54. The molecule has 174 valence electrons. The zero-order valence-electron chi connectivity index (χ0n) is 17.8. The third-order valence-corrected chi connectivity index (χ3v) is 5.80. The van der Waals surface area contributed by atoms with Crippen LogP contribution in [0.15, 0.2) is 69.2 Å². The van der Waals surface area contributed by atoms with Crippen LogP contribution < -0.4 is 10.1 Å². The van der Waals surface area contributed by atoms with Gasteiger partial charge in [-0.2, -0.15) is 0 Å². The Morgan fingerprint density at radius 2 is 1.97 bits per heavy atom. The number of imide groups is 1. The molecule has 0 radical (unpaired) electrons. The van der Waals surface area contributed by atoms with E-state index >= 15 is 0 Å². The molecular formula is C24H18BrClN2O6. The van der Waals surface area contributed by atoms with Gasteiger partial charge in [-0.1, -0.05) is 45.7 Å². The fourth-order valence-corrected chi connectivity index (χ4v) is 3.80. The second kappa shape index (κ2) is 10.1. The maximum absolute atomic E-state index is 12.9. The summed E-state index contributed by atoms with van der Waals surface area (Å²) in [5, 5.41) is 3.15. The molecule has 0 atom stereocenters. The molecule has 1 fully saturated rings. The molecule has 34 heavy (non-hydrogen) atoms. The highest BCUT2D eigenvalue weighted by atomic mass is 79.9. The molecule has 1 N–H and O–H groups in total. The Morgan fingerprint density at radius 3 is 2.74 bits per heavy atom. The van der Waals surface area contributed by atoms with Crippen LogP contribution in [0.5, 0.6) is 5.75 Å². The third-order valence-electron chi connectivity index (χ3n) is 4.94. The number of ether oxygens (including phenoxy) is 2. The number of furan rings is 1. The molecule has 0 saturated carbocycles. The summed E-state index contributed by atoms with van der Waals surface area (Å²) in [4.78, 5) is 37.9. The van der Waals surface area contributed by atoms with Crippen molar-refractivity contribution in [1.29, 1.82) is 0 Å². The first-order valence-corrected chi connectivity index (χ1v) is 11.2. The third kappa shape index (κ3) is 5.16. The monoisotopic (exact) mass is 544 g/mol. The number of halogens is 2. The predicted molar refractivity (Wildman–Crippen MR) is 127 cm³/mol. The van der Waals surface area contributed by atoms with E-state index in [0.717, 1.165) is 14.9 Å². The van der Waals surface area contributed by atoms with Crippen LogP contribution >= 0.6 is 27.5 Å². The van der Waals surface area contributed by atoms with Crippen molar-refractivity contribution < 1.29 is 28.3 Å². The minimum atomic E-state index is -0.650. The summed E-state index contributed by atoms with van der Waals surface area (Å²) in [5.74, 6) is -0.447. The molecule has 1 saturated heterocycles. The van der Waals surface area contributed by atoms with Crippen molar-refractivity contribution in [2.45, 2.75) is 13.2 Å². The van der Waals surface area contributed by atoms with Crippen LogP contribution in [-0.2, 0) is 22.7 Å². The van der Waals surface area contributed by atoms with Crippen molar-refractivity contribution >= 4 is 51.5 Å². The highest BCUT2D eigenvalue weighted by Gasteiger charge is 2.34. The SMILES string of the molecule is COC(=O)c1ccc(CN2C(=O)N/C(=C\c3cc(Br)ccc3OCc3ccccc3Cl)C2=O)o1. The molecule has 10 heteroatoms. The molecule has 0 unspecified atom stereocenters. The van der Waals surface area contributed by atoms with Crippen LogP contribution in [0.3, 0.4) is 0 Å². The second-order valence-electron chi connectivity index (χ2n) is 7.20. The Balaban J connectivity index is 1.53. The molecule has 0 aliphatic carbocycles. The zero-order chi connectivity index (χ0) is 24.2. The lowest BCUT2D eigenvalue weighted by atomic mass is 10.1. The van der Waals surface area contributed by atoms with Gasteiger partial charge in [0.25, 0.3) is 5.91 Å². The average Bonchev–Trinajstić information content (AvgIpc) is 3.39. The van der Waals surface area contributed by atoms with Crippen molar-refractivity contribution in [3.05, 3.63) is 92.4 Å². The van der Waals surface area contributed by atoms with E-state index in [1.54, 1.807) is 24.3 Å². The number of rotatable bonds is 7. The number of nitrogens with one attached hydrogen (secondary N) is 1. The lowest BCUT2D eigenvalue weighted by molar-refractivity contribution is -0.123. The van der Waals surface area contributed by atoms with Crippen molar-refractivity contribution in [2.75, 3.05) is 7.11 Å². The first-order valence-electron chi connectivity index (χ1n) is 10.0. The number of urea groups is 1. The molecule has 4 rings (SSSR count). The fraction of sp³-hybridized carbons (Fsp3) is 0.125. The molecule has 0 spiro atoms. The van der Waals surface area contributed by atoms with Gasteiger partial charge in [0, 0.05) is 20.6 Å². The summed E-state index contributed by atoms with van der Waals surface area (Å²) < 4.78 is 16.7. The second-order valence-corrected chi connectivity index (χ2v) is 8.52. The van der Waals surface area contributed by atoms with E-state index in [9.17, 15) is 14.4 Å². The van der Waals surface area contributed by atoms with E-state index in [4.69, 9.17) is 20.8 Å². The minimum Gasteiger partial charge on any atom is -0.488 e. The number of carbonyl (C=O) groups is 3. The Labute approximate surface area is 208 Å². The molecule has 0 bridgehead atoms. The number of carbonyl (C=O) groups excluding carboxylic acids is 3. The number of methoxy groups -OCH3 is 1. The highest BCUT2D eigenvalue weighted by Crippen LogP contribution is 2.28. The molecular weight excluding hydrogens is 528 g/mol. The van der Waals surface area contributed by atoms with E-state index < -0.39 is 17.9 Å². The van der Waals surface area contributed by atoms with Crippen LogP contribution in [-0.4, -0.2) is 29.9 Å². The standard InChI is InChI=1S/C24H18BrClN2O6/c1-32-23(30)21-9-7-17(34-21)12-28-22(29)19(27-24(28)31)11-15-10-16(25)6-8-20(15)33-13-14-4-2-3-5-18(14)26/h2-11H,12-13H2,1H3,(H,27,31)/b19-11-. The molecule has 3 amide bonds. The van der Waals surface area contributed by atoms with Crippen LogP contribution in [0, 0.1) is 0 Å². The maximum Gasteiger partial charge on any atom is 0.373 e. The molecule has 2 heterocycles. The van der Waals surface area contributed by atoms with Crippen LogP contribution in [0.1, 0.15) is 27.4 Å². The van der Waals surface area contributed by atoms with Gasteiger partial charge < -0.3 is 19.2 Å². The average molecular weight is 546 g/mol. The summed E-state index contributed by atoms with van der Waals surface area (Å²) in [6.45, 7) is 0.0816. The number of hydrogen-bond donors (Lipinski definition) is 1. The lowest BCUT2D eigenvalue weighted by Gasteiger charge is -2.11. The smallest absolute Gasteiger partial charge is 0.373 e.